The maximum atomic E-state index is 11.7. The number of aliphatic hydroxyl groups is 2. The van der Waals surface area contributed by atoms with Crippen LogP contribution in [0.3, 0.4) is 0 Å². The SMILES string of the molecule is Nc1nc2c(ncn2[C@@H]2C[C@H](CO)[C@H]2CO)c(=O)[nH]1.O=P(O)(O)O.O=P(O)(O)O.O=P(O)(O)O. The maximum Gasteiger partial charge on any atom is 0.466 e. The third kappa shape index (κ3) is 14.0. The summed E-state index contributed by atoms with van der Waals surface area (Å²) in [7, 11) is -13.9. The van der Waals surface area contributed by atoms with Gasteiger partial charge in [-0.1, -0.05) is 0 Å². The van der Waals surface area contributed by atoms with E-state index in [1.54, 1.807) is 4.57 Å². The standard InChI is InChI=1S/C11H15N5O3.3H3O4P/c12-11-14-9-8(10(19)15-11)13-4-16(9)7-1-5(2-17)6(7)3-18;3*1-5(2,3)4/h4-7,17-18H,1-3H2,(H3,12,14,15,19);3*(H3,1,2,3,4)/t5-,6-,7-;;;/m1.../s1. The molecule has 198 valence electrons. The van der Waals surface area contributed by atoms with Crippen LogP contribution in [0.4, 0.5) is 5.95 Å². The van der Waals surface area contributed by atoms with Gasteiger partial charge in [-0.25, -0.2) is 18.7 Å². The van der Waals surface area contributed by atoms with Gasteiger partial charge in [0.2, 0.25) is 5.95 Å². The summed E-state index contributed by atoms with van der Waals surface area (Å²) >= 11 is 0. The molecule has 0 aromatic carbocycles. The van der Waals surface area contributed by atoms with Crippen LogP contribution >= 0.6 is 23.5 Å². The van der Waals surface area contributed by atoms with Gasteiger partial charge in [-0.3, -0.25) is 9.78 Å². The van der Waals surface area contributed by atoms with Gasteiger partial charge in [0.25, 0.3) is 5.56 Å². The number of aromatic nitrogens is 4. The Morgan fingerprint density at radius 3 is 1.76 bits per heavy atom. The number of nitrogens with one attached hydrogen (secondary N) is 1. The summed E-state index contributed by atoms with van der Waals surface area (Å²) in [6.45, 7) is 0.0265. The molecule has 3 atom stereocenters. The molecule has 0 bridgehead atoms. The number of nitrogen functional groups attached to an aromatic ring is 1. The van der Waals surface area contributed by atoms with Crippen LogP contribution < -0.4 is 11.3 Å². The van der Waals surface area contributed by atoms with Gasteiger partial charge in [-0.2, -0.15) is 4.98 Å². The van der Waals surface area contributed by atoms with Crippen molar-refractivity contribution in [1.82, 2.24) is 19.5 Å². The second kappa shape index (κ2) is 12.9. The molecule has 1 aliphatic carbocycles. The maximum absolute atomic E-state index is 11.7. The summed E-state index contributed by atoms with van der Waals surface area (Å²) in [5, 5.41) is 18.6. The van der Waals surface area contributed by atoms with E-state index in [1.165, 1.54) is 6.33 Å². The Balaban J connectivity index is 0.000000599. The summed E-state index contributed by atoms with van der Waals surface area (Å²) in [6, 6.07) is -0.0131. The lowest BCUT2D eigenvalue weighted by atomic mass is 9.70. The fourth-order valence-electron chi connectivity index (χ4n) is 2.76. The van der Waals surface area contributed by atoms with Gasteiger partial charge in [0.15, 0.2) is 11.2 Å². The molecule has 1 saturated carbocycles. The third-order valence-corrected chi connectivity index (χ3v) is 3.90. The summed E-state index contributed by atoms with van der Waals surface area (Å²) in [5.74, 6) is 0.0642. The third-order valence-electron chi connectivity index (χ3n) is 3.90. The number of rotatable bonds is 3. The van der Waals surface area contributed by atoms with Crippen LogP contribution in [0.25, 0.3) is 11.2 Å². The molecule has 34 heavy (non-hydrogen) atoms. The number of aliphatic hydroxyl groups excluding tert-OH is 2. The zero-order valence-electron chi connectivity index (χ0n) is 16.7. The van der Waals surface area contributed by atoms with Crippen molar-refractivity contribution >= 4 is 40.6 Å². The molecule has 1 aliphatic rings. The highest BCUT2D eigenvalue weighted by Crippen LogP contribution is 2.44. The minimum atomic E-state index is -4.64. The molecule has 0 amide bonds. The van der Waals surface area contributed by atoms with Crippen LogP contribution in [0.5, 0.6) is 0 Å². The molecule has 0 unspecified atom stereocenters. The largest absolute Gasteiger partial charge is 0.466 e. The fourth-order valence-corrected chi connectivity index (χ4v) is 2.76. The Bertz CT molecular complexity index is 1050. The number of fused-ring (bicyclic) bond motifs is 1. The van der Waals surface area contributed by atoms with E-state index in [0.717, 1.165) is 6.42 Å². The minimum absolute atomic E-state index is 0.0131. The Labute approximate surface area is 188 Å². The molecule has 3 rings (SSSR count). The Morgan fingerprint density at radius 2 is 1.38 bits per heavy atom. The van der Waals surface area contributed by atoms with Crippen molar-refractivity contribution in [1.29, 1.82) is 0 Å². The zero-order valence-corrected chi connectivity index (χ0v) is 19.4. The van der Waals surface area contributed by atoms with Crippen LogP contribution in [-0.2, 0) is 13.7 Å². The highest BCUT2D eigenvalue weighted by atomic mass is 31.2. The minimum Gasteiger partial charge on any atom is -0.396 e. The number of imidazole rings is 1. The fraction of sp³-hybridized carbons (Fsp3) is 0.545. The predicted molar refractivity (Wildman–Crippen MR) is 110 cm³/mol. The van der Waals surface area contributed by atoms with Crippen LogP contribution in [0.15, 0.2) is 11.1 Å². The number of phosphoric acid groups is 3. The van der Waals surface area contributed by atoms with E-state index in [4.69, 9.17) is 63.5 Å². The van der Waals surface area contributed by atoms with Crippen molar-refractivity contribution in [2.75, 3.05) is 18.9 Å². The van der Waals surface area contributed by atoms with E-state index in [-0.39, 0.29) is 48.1 Å². The second-order valence-corrected chi connectivity index (χ2v) is 9.49. The molecule has 1 fully saturated rings. The lowest BCUT2D eigenvalue weighted by Crippen LogP contribution is -2.42. The number of nitrogens with zero attached hydrogens (tertiary/aromatic N) is 3. The molecule has 2 aromatic rings. The van der Waals surface area contributed by atoms with Crippen LogP contribution in [0.1, 0.15) is 12.5 Å². The molecule has 0 spiro atoms. The quantitative estimate of drug-likeness (QED) is 0.160. The molecule has 0 saturated heterocycles. The van der Waals surface area contributed by atoms with Crippen molar-refractivity contribution in [3.63, 3.8) is 0 Å². The normalized spacial score (nSPS) is 20.0. The molecule has 14 N–H and O–H groups in total. The summed E-state index contributed by atoms with van der Waals surface area (Å²) in [4.78, 5) is 86.9. The Morgan fingerprint density at radius 1 is 0.941 bits per heavy atom. The zero-order chi connectivity index (χ0) is 27.1. The second-order valence-electron chi connectivity index (χ2n) is 6.41. The van der Waals surface area contributed by atoms with Crippen molar-refractivity contribution in [2.45, 2.75) is 12.5 Å². The van der Waals surface area contributed by atoms with Gasteiger partial charge in [-0.15, -0.1) is 0 Å². The molecule has 0 radical (unpaired) electrons. The van der Waals surface area contributed by atoms with Crippen LogP contribution in [-0.4, -0.2) is 87.0 Å². The van der Waals surface area contributed by atoms with Gasteiger partial charge in [0.1, 0.15) is 0 Å². The number of anilines is 1. The van der Waals surface area contributed by atoms with Gasteiger partial charge in [-0.05, 0) is 12.3 Å². The summed E-state index contributed by atoms with van der Waals surface area (Å²) in [5.41, 5.74) is 5.81. The first-order valence-electron chi connectivity index (χ1n) is 8.44. The first-order valence-corrected chi connectivity index (χ1v) is 13.1. The first kappa shape index (κ1) is 32.4. The van der Waals surface area contributed by atoms with Gasteiger partial charge < -0.3 is 64.6 Å². The Kier molecular flexibility index (Phi) is 12.3. The molecule has 2 aromatic heterocycles. The average molecular weight is 559 g/mol. The number of H-pyrrole nitrogens is 1. The van der Waals surface area contributed by atoms with E-state index in [9.17, 15) is 15.0 Å². The molecule has 0 aliphatic heterocycles. The van der Waals surface area contributed by atoms with E-state index in [2.05, 4.69) is 15.0 Å². The van der Waals surface area contributed by atoms with E-state index >= 15 is 0 Å². The molecule has 23 heteroatoms. The number of aromatic amines is 1. The van der Waals surface area contributed by atoms with E-state index in [1.807, 2.05) is 0 Å². The highest BCUT2D eigenvalue weighted by Gasteiger charge is 2.42. The average Bonchev–Trinajstić information content (AvgIpc) is 2.94. The lowest BCUT2D eigenvalue weighted by molar-refractivity contribution is -0.00528. The predicted octanol–water partition coefficient (Wildman–Crippen LogP) is -3.92. The van der Waals surface area contributed by atoms with Gasteiger partial charge in [0, 0.05) is 25.2 Å². The van der Waals surface area contributed by atoms with Crippen LogP contribution in [0, 0.1) is 11.8 Å². The topological polar surface area (TPSA) is 363 Å². The van der Waals surface area contributed by atoms with Crippen molar-refractivity contribution < 1.29 is 67.9 Å². The van der Waals surface area contributed by atoms with E-state index < -0.39 is 23.5 Å². The van der Waals surface area contributed by atoms with Crippen molar-refractivity contribution in [3.05, 3.63) is 16.7 Å². The molecule has 2 heterocycles. The highest BCUT2D eigenvalue weighted by molar-refractivity contribution is 7.45. The van der Waals surface area contributed by atoms with E-state index in [0.29, 0.717) is 5.65 Å². The summed E-state index contributed by atoms with van der Waals surface area (Å²) < 4.78 is 28.4. The van der Waals surface area contributed by atoms with Crippen molar-refractivity contribution in [3.8, 4) is 0 Å². The van der Waals surface area contributed by atoms with Crippen LogP contribution in [0.2, 0.25) is 0 Å². The number of nitrogens with two attached hydrogens (primary N) is 1. The first-order chi connectivity index (χ1) is 15.2. The van der Waals surface area contributed by atoms with Gasteiger partial charge in [0.05, 0.1) is 6.33 Å². The number of hydrogen-bond donors (Lipinski definition) is 13. The molecular formula is C11H24N5O15P3. The summed E-state index contributed by atoms with van der Waals surface area (Å²) in [6.07, 6.45) is 2.26. The van der Waals surface area contributed by atoms with Crippen molar-refractivity contribution in [2.24, 2.45) is 11.8 Å². The van der Waals surface area contributed by atoms with Gasteiger partial charge >= 0.3 is 23.5 Å². The smallest absolute Gasteiger partial charge is 0.396 e. The Hall–Kier alpha value is -1.60. The monoisotopic (exact) mass is 559 g/mol. The lowest BCUT2D eigenvalue weighted by Gasteiger charge is -2.43. The number of hydrogen-bond acceptors (Lipinski definition) is 9. The molecular weight excluding hydrogens is 535 g/mol. The molecule has 20 nitrogen and oxygen atoms in total.